The van der Waals surface area contributed by atoms with Crippen molar-refractivity contribution in [2.24, 2.45) is 5.92 Å². The molecule has 0 N–H and O–H groups in total. The Balaban J connectivity index is 1.98. The summed E-state index contributed by atoms with van der Waals surface area (Å²) in [6.45, 7) is 2.63. The molecule has 0 aliphatic rings. The van der Waals surface area contributed by atoms with Crippen LogP contribution in [0.3, 0.4) is 0 Å². The summed E-state index contributed by atoms with van der Waals surface area (Å²) in [7, 11) is 3.03. The van der Waals surface area contributed by atoms with E-state index in [1.807, 2.05) is 30.3 Å². The molecule has 2 aromatic carbocycles. The van der Waals surface area contributed by atoms with Gasteiger partial charge in [-0.1, -0.05) is 42.8 Å². The van der Waals surface area contributed by atoms with Gasteiger partial charge < -0.3 is 4.74 Å². The Hall–Kier alpha value is -2.04. The number of hydroxylamine groups is 2. The fourth-order valence-electron chi connectivity index (χ4n) is 2.34. The third-order valence-electron chi connectivity index (χ3n) is 3.70. The Kier molecular flexibility index (Phi) is 6.64. The highest BCUT2D eigenvalue weighted by atomic mass is 35.5. The summed E-state index contributed by atoms with van der Waals surface area (Å²) in [5.41, 5.74) is 1.69. The number of para-hydroxylation sites is 1. The summed E-state index contributed by atoms with van der Waals surface area (Å²) in [5, 5.41) is 1.91. The maximum Gasteiger partial charge on any atom is 0.280 e. The van der Waals surface area contributed by atoms with Crippen LogP contribution in [0.2, 0.25) is 5.02 Å². The summed E-state index contributed by atoms with van der Waals surface area (Å²) >= 11 is 5.90. The minimum atomic E-state index is -0.238. The van der Waals surface area contributed by atoms with Crippen molar-refractivity contribution >= 4 is 17.5 Å². The molecular formula is C19H22ClNO3. The van der Waals surface area contributed by atoms with Gasteiger partial charge in [0.05, 0.1) is 19.3 Å². The van der Waals surface area contributed by atoms with Crippen LogP contribution in [0, 0.1) is 5.92 Å². The Labute approximate surface area is 147 Å². The van der Waals surface area contributed by atoms with E-state index in [-0.39, 0.29) is 5.91 Å². The van der Waals surface area contributed by atoms with Gasteiger partial charge in [-0.2, -0.15) is 0 Å². The van der Waals surface area contributed by atoms with Crippen LogP contribution in [0.15, 0.2) is 48.5 Å². The Morgan fingerprint density at radius 1 is 1.17 bits per heavy atom. The number of carbonyl (C=O) groups excluding carboxylic acids is 1. The molecule has 0 aliphatic heterocycles. The van der Waals surface area contributed by atoms with Gasteiger partial charge in [-0.3, -0.25) is 9.63 Å². The van der Waals surface area contributed by atoms with Gasteiger partial charge >= 0.3 is 0 Å². The molecule has 24 heavy (non-hydrogen) atoms. The maximum absolute atomic E-state index is 12.3. The number of amides is 1. The first kappa shape index (κ1) is 18.3. The van der Waals surface area contributed by atoms with E-state index in [0.717, 1.165) is 11.4 Å². The van der Waals surface area contributed by atoms with Crippen LogP contribution in [0.4, 0.5) is 0 Å². The van der Waals surface area contributed by atoms with Crippen LogP contribution in [-0.2, 0) is 11.3 Å². The Morgan fingerprint density at radius 2 is 1.83 bits per heavy atom. The lowest BCUT2D eigenvalue weighted by Crippen LogP contribution is -2.26. The van der Waals surface area contributed by atoms with Crippen LogP contribution < -0.4 is 4.74 Å². The Morgan fingerprint density at radius 3 is 2.50 bits per heavy atom. The molecule has 0 saturated carbocycles. The molecule has 0 spiro atoms. The van der Waals surface area contributed by atoms with E-state index < -0.39 is 0 Å². The van der Waals surface area contributed by atoms with Gasteiger partial charge in [0.1, 0.15) is 5.75 Å². The first-order valence-corrected chi connectivity index (χ1v) is 8.17. The first-order chi connectivity index (χ1) is 11.5. The normalized spacial score (nSPS) is 11.8. The van der Waals surface area contributed by atoms with Gasteiger partial charge in [0, 0.05) is 12.1 Å². The largest absolute Gasteiger partial charge is 0.492 e. The fraction of sp³-hybridized carbons (Fsp3) is 0.316. The zero-order chi connectivity index (χ0) is 17.5. The number of ether oxygens (including phenoxy) is 1. The molecule has 4 nitrogen and oxygen atoms in total. The summed E-state index contributed by atoms with van der Waals surface area (Å²) in [6, 6.07) is 15.0. The van der Waals surface area contributed by atoms with E-state index in [1.54, 1.807) is 25.2 Å². The third kappa shape index (κ3) is 4.98. The molecule has 0 bridgehead atoms. The number of carbonyl (C=O) groups is 1. The van der Waals surface area contributed by atoms with Gasteiger partial charge in [-0.15, -0.1) is 0 Å². The standard InChI is InChI=1S/C19H22ClNO3/c1-14(12-15-8-10-16(20)11-9-15)13-24-18-7-5-4-6-17(18)19(22)21(2)23-3/h4-11,14H,12-13H2,1-3H3/t14-/m0/s1. The molecule has 0 fully saturated rings. The first-order valence-electron chi connectivity index (χ1n) is 7.79. The highest BCUT2D eigenvalue weighted by molar-refractivity contribution is 6.30. The Bertz CT molecular complexity index is 673. The topological polar surface area (TPSA) is 38.8 Å². The highest BCUT2D eigenvalue weighted by Crippen LogP contribution is 2.21. The van der Waals surface area contributed by atoms with Crippen LogP contribution in [0.1, 0.15) is 22.8 Å². The third-order valence-corrected chi connectivity index (χ3v) is 3.95. The average Bonchev–Trinajstić information content (AvgIpc) is 2.61. The molecule has 0 aromatic heterocycles. The minimum Gasteiger partial charge on any atom is -0.492 e. The zero-order valence-corrected chi connectivity index (χ0v) is 14.9. The van der Waals surface area contributed by atoms with Gasteiger partial charge in [0.2, 0.25) is 0 Å². The lowest BCUT2D eigenvalue weighted by molar-refractivity contribution is -0.0758. The van der Waals surface area contributed by atoms with E-state index in [1.165, 1.54) is 17.7 Å². The van der Waals surface area contributed by atoms with Crippen LogP contribution in [0.5, 0.6) is 5.75 Å². The smallest absolute Gasteiger partial charge is 0.280 e. The number of benzene rings is 2. The van der Waals surface area contributed by atoms with E-state index >= 15 is 0 Å². The van der Waals surface area contributed by atoms with Crippen LogP contribution >= 0.6 is 11.6 Å². The SMILES string of the molecule is CON(C)C(=O)c1ccccc1OC[C@@H](C)Cc1ccc(Cl)cc1. The molecule has 1 atom stereocenters. The lowest BCUT2D eigenvalue weighted by Gasteiger charge is -2.18. The van der Waals surface area contributed by atoms with E-state index in [2.05, 4.69) is 6.92 Å². The number of nitrogens with zero attached hydrogens (tertiary/aromatic N) is 1. The monoisotopic (exact) mass is 347 g/mol. The van der Waals surface area contributed by atoms with Crippen molar-refractivity contribution in [1.29, 1.82) is 0 Å². The van der Waals surface area contributed by atoms with Crippen molar-refractivity contribution in [2.75, 3.05) is 20.8 Å². The molecule has 1 amide bonds. The highest BCUT2D eigenvalue weighted by Gasteiger charge is 2.17. The predicted molar refractivity (Wildman–Crippen MR) is 95.4 cm³/mol. The van der Waals surface area contributed by atoms with Gasteiger partial charge in [-0.25, -0.2) is 5.06 Å². The van der Waals surface area contributed by atoms with Crippen molar-refractivity contribution in [3.63, 3.8) is 0 Å². The number of halogens is 1. The van der Waals surface area contributed by atoms with E-state index in [9.17, 15) is 4.79 Å². The molecule has 0 radical (unpaired) electrons. The van der Waals surface area contributed by atoms with Crippen molar-refractivity contribution < 1.29 is 14.4 Å². The van der Waals surface area contributed by atoms with Crippen molar-refractivity contribution in [2.45, 2.75) is 13.3 Å². The second-order valence-corrected chi connectivity index (χ2v) is 6.16. The van der Waals surface area contributed by atoms with Crippen molar-refractivity contribution in [1.82, 2.24) is 5.06 Å². The van der Waals surface area contributed by atoms with Gasteiger partial charge in [0.25, 0.3) is 5.91 Å². The molecule has 2 rings (SSSR count). The number of hydrogen-bond acceptors (Lipinski definition) is 3. The second kappa shape index (κ2) is 8.71. The zero-order valence-electron chi connectivity index (χ0n) is 14.2. The molecule has 0 heterocycles. The number of hydrogen-bond donors (Lipinski definition) is 0. The lowest BCUT2D eigenvalue weighted by atomic mass is 10.0. The van der Waals surface area contributed by atoms with Crippen LogP contribution in [0.25, 0.3) is 0 Å². The summed E-state index contributed by atoms with van der Waals surface area (Å²) in [6.07, 6.45) is 0.880. The second-order valence-electron chi connectivity index (χ2n) is 5.73. The van der Waals surface area contributed by atoms with Crippen molar-refractivity contribution in [3.8, 4) is 5.75 Å². The molecule has 0 saturated heterocycles. The predicted octanol–water partition coefficient (Wildman–Crippen LogP) is 4.23. The van der Waals surface area contributed by atoms with Crippen LogP contribution in [-0.4, -0.2) is 31.7 Å². The molecule has 2 aromatic rings. The molecule has 5 heteroatoms. The fourth-order valence-corrected chi connectivity index (χ4v) is 2.46. The van der Waals surface area contributed by atoms with Gasteiger partial charge in [-0.05, 0) is 42.2 Å². The minimum absolute atomic E-state index is 0.238. The molecule has 128 valence electrons. The summed E-state index contributed by atoms with van der Waals surface area (Å²) < 4.78 is 5.88. The van der Waals surface area contributed by atoms with Gasteiger partial charge in [0.15, 0.2) is 0 Å². The maximum atomic E-state index is 12.3. The van der Waals surface area contributed by atoms with E-state index in [4.69, 9.17) is 21.2 Å². The average molecular weight is 348 g/mol. The summed E-state index contributed by atoms with van der Waals surface area (Å²) in [4.78, 5) is 17.2. The number of rotatable bonds is 7. The van der Waals surface area contributed by atoms with Crippen molar-refractivity contribution in [3.05, 3.63) is 64.7 Å². The quantitative estimate of drug-likeness (QED) is 0.703. The van der Waals surface area contributed by atoms with E-state index in [0.29, 0.717) is 23.8 Å². The summed E-state index contributed by atoms with van der Waals surface area (Å²) in [5.74, 6) is 0.627. The molecular weight excluding hydrogens is 326 g/mol. The molecule has 0 aliphatic carbocycles. The molecule has 0 unspecified atom stereocenters.